The van der Waals surface area contributed by atoms with Crippen LogP contribution in [0.15, 0.2) is 29.3 Å². The summed E-state index contributed by atoms with van der Waals surface area (Å²) in [6.07, 6.45) is 0.321. The average molecular weight is 461 g/mol. The first kappa shape index (κ1) is 21.7. The molecule has 1 aromatic rings. The molecule has 0 aromatic heterocycles. The van der Waals surface area contributed by atoms with E-state index in [4.69, 9.17) is 4.74 Å². The van der Waals surface area contributed by atoms with Crippen molar-refractivity contribution in [2.45, 2.75) is 26.4 Å². The molecule has 1 fully saturated rings. The first-order valence-electron chi connectivity index (χ1n) is 8.43. The van der Waals surface area contributed by atoms with Crippen molar-refractivity contribution in [1.29, 1.82) is 0 Å². The van der Waals surface area contributed by atoms with Crippen LogP contribution in [0.4, 0.5) is 0 Å². The minimum Gasteiger partial charge on any atom is -0.469 e. The number of benzene rings is 1. The zero-order valence-corrected chi connectivity index (χ0v) is 17.5. The highest BCUT2D eigenvalue weighted by Crippen LogP contribution is 2.24. The molecule has 0 saturated carbocycles. The Morgan fingerprint density at radius 3 is 2.88 bits per heavy atom. The third kappa shape index (κ3) is 6.47. The van der Waals surface area contributed by atoms with Gasteiger partial charge < -0.3 is 19.7 Å². The summed E-state index contributed by atoms with van der Waals surface area (Å²) in [7, 11) is 1.39. The molecule has 0 radical (unpaired) electrons. The molecule has 140 valence electrons. The third-order valence-corrected chi connectivity index (χ3v) is 4.04. The lowest BCUT2D eigenvalue weighted by Crippen LogP contribution is -2.48. The van der Waals surface area contributed by atoms with Gasteiger partial charge in [-0.1, -0.05) is 24.3 Å². The van der Waals surface area contributed by atoms with Crippen LogP contribution in [0.5, 0.6) is 0 Å². The number of nitrogens with zero attached hydrogens (tertiary/aromatic N) is 2. The highest BCUT2D eigenvalue weighted by molar-refractivity contribution is 14.0. The molecular formula is C18H28IN3O3. The fourth-order valence-corrected chi connectivity index (χ4v) is 2.76. The van der Waals surface area contributed by atoms with Gasteiger partial charge in [-0.2, -0.15) is 0 Å². The van der Waals surface area contributed by atoms with Crippen LogP contribution in [0.25, 0.3) is 0 Å². The summed E-state index contributed by atoms with van der Waals surface area (Å²) in [4.78, 5) is 18.0. The van der Waals surface area contributed by atoms with Crippen LogP contribution in [-0.2, 0) is 14.3 Å². The quantitative estimate of drug-likeness (QED) is 0.316. The van der Waals surface area contributed by atoms with Gasteiger partial charge in [0.2, 0.25) is 0 Å². The second kappa shape index (κ2) is 11.3. The number of carbonyl (C=O) groups excluding carboxylic acids is 1. The highest BCUT2D eigenvalue weighted by atomic mass is 127. The number of guanidine groups is 1. The zero-order valence-electron chi connectivity index (χ0n) is 15.2. The molecule has 6 nitrogen and oxygen atoms in total. The fraction of sp³-hybridized carbons (Fsp3) is 0.556. The van der Waals surface area contributed by atoms with Crippen LogP contribution >= 0.6 is 24.0 Å². The number of morpholine rings is 1. The number of hydrogen-bond donors (Lipinski definition) is 1. The number of esters is 1. The Hall–Kier alpha value is -1.35. The van der Waals surface area contributed by atoms with E-state index in [1.807, 2.05) is 19.1 Å². The predicted molar refractivity (Wildman–Crippen MR) is 109 cm³/mol. The molecule has 0 bridgehead atoms. The van der Waals surface area contributed by atoms with Gasteiger partial charge in [-0.3, -0.25) is 9.79 Å². The number of aryl methyl sites for hydroxylation is 1. The maximum Gasteiger partial charge on any atom is 0.307 e. The van der Waals surface area contributed by atoms with E-state index in [1.165, 1.54) is 18.2 Å². The van der Waals surface area contributed by atoms with Gasteiger partial charge >= 0.3 is 5.97 Å². The molecule has 1 aliphatic rings. The van der Waals surface area contributed by atoms with E-state index in [1.54, 1.807) is 0 Å². The lowest BCUT2D eigenvalue weighted by atomic mass is 10.0. The molecule has 2 rings (SSSR count). The van der Waals surface area contributed by atoms with E-state index in [0.29, 0.717) is 13.2 Å². The van der Waals surface area contributed by atoms with Crippen molar-refractivity contribution in [3.8, 4) is 0 Å². The third-order valence-electron chi connectivity index (χ3n) is 4.04. The molecule has 1 N–H and O–H groups in total. The topological polar surface area (TPSA) is 63.2 Å². The van der Waals surface area contributed by atoms with Gasteiger partial charge in [0.25, 0.3) is 0 Å². The lowest BCUT2D eigenvalue weighted by molar-refractivity contribution is -0.140. The van der Waals surface area contributed by atoms with E-state index in [2.05, 4.69) is 39.0 Å². The van der Waals surface area contributed by atoms with Gasteiger partial charge in [0.05, 0.1) is 33.2 Å². The van der Waals surface area contributed by atoms with Crippen LogP contribution in [0.3, 0.4) is 0 Å². The Balaban J connectivity index is 0.00000312. The van der Waals surface area contributed by atoms with Crippen molar-refractivity contribution in [3.63, 3.8) is 0 Å². The Morgan fingerprint density at radius 1 is 1.44 bits per heavy atom. The van der Waals surface area contributed by atoms with Crippen molar-refractivity contribution >= 4 is 35.9 Å². The van der Waals surface area contributed by atoms with E-state index in [9.17, 15) is 4.79 Å². The van der Waals surface area contributed by atoms with Crippen LogP contribution in [-0.4, -0.2) is 56.7 Å². The molecule has 1 unspecified atom stereocenters. The number of halogens is 1. The van der Waals surface area contributed by atoms with E-state index >= 15 is 0 Å². The highest BCUT2D eigenvalue weighted by Gasteiger charge is 2.25. The van der Waals surface area contributed by atoms with Crippen molar-refractivity contribution < 1.29 is 14.3 Å². The molecule has 1 aromatic carbocycles. The van der Waals surface area contributed by atoms with Crippen LogP contribution in [0.2, 0.25) is 0 Å². The van der Waals surface area contributed by atoms with Crippen LogP contribution in [0.1, 0.15) is 30.6 Å². The number of aliphatic imine (C=N–C) groups is 1. The zero-order chi connectivity index (χ0) is 17.4. The molecule has 1 saturated heterocycles. The summed E-state index contributed by atoms with van der Waals surface area (Å²) in [5.74, 6) is 0.581. The summed E-state index contributed by atoms with van der Waals surface area (Å²) in [5.41, 5.74) is 2.45. The number of carbonyl (C=O) groups is 1. The van der Waals surface area contributed by atoms with Crippen molar-refractivity contribution in [2.24, 2.45) is 4.99 Å². The number of methoxy groups -OCH3 is 1. The minimum atomic E-state index is -0.241. The molecule has 0 aliphatic carbocycles. The number of hydrogen-bond acceptors (Lipinski definition) is 4. The summed E-state index contributed by atoms with van der Waals surface area (Å²) < 4.78 is 10.6. The minimum absolute atomic E-state index is 0. The second-order valence-corrected chi connectivity index (χ2v) is 5.72. The standard InChI is InChI=1S/C18H27N3O3.HI/c1-4-19-18(20-10-9-17(22)23-3)21-11-12-24-16(13-21)15-8-6-5-7-14(15)2;/h5-8,16H,4,9-13H2,1-3H3,(H,19,20);1H. The van der Waals surface area contributed by atoms with Gasteiger partial charge in [0, 0.05) is 13.1 Å². The largest absolute Gasteiger partial charge is 0.469 e. The number of nitrogens with one attached hydrogen (secondary N) is 1. The SMILES string of the molecule is CCNC(=NCCC(=O)OC)N1CCOC(c2ccccc2C)C1.I. The maximum atomic E-state index is 11.3. The van der Waals surface area contributed by atoms with Crippen molar-refractivity contribution in [1.82, 2.24) is 10.2 Å². The van der Waals surface area contributed by atoms with Gasteiger partial charge in [-0.05, 0) is 25.0 Å². The Bertz CT molecular complexity index is 580. The second-order valence-electron chi connectivity index (χ2n) is 5.72. The van der Waals surface area contributed by atoms with E-state index in [0.717, 1.165) is 25.6 Å². The van der Waals surface area contributed by atoms with Crippen molar-refractivity contribution in [3.05, 3.63) is 35.4 Å². The molecular weight excluding hydrogens is 433 g/mol. The summed E-state index contributed by atoms with van der Waals surface area (Å²) in [5, 5.41) is 3.30. The van der Waals surface area contributed by atoms with Crippen LogP contribution in [0, 0.1) is 6.92 Å². The van der Waals surface area contributed by atoms with E-state index in [-0.39, 0.29) is 42.5 Å². The lowest BCUT2D eigenvalue weighted by Gasteiger charge is -2.35. The number of rotatable bonds is 5. The summed E-state index contributed by atoms with van der Waals surface area (Å²) in [6.45, 7) is 7.52. The normalized spacial score (nSPS) is 17.6. The maximum absolute atomic E-state index is 11.3. The average Bonchev–Trinajstić information content (AvgIpc) is 2.61. The van der Waals surface area contributed by atoms with E-state index < -0.39 is 0 Å². The molecule has 1 heterocycles. The molecule has 7 heteroatoms. The Labute approximate surface area is 167 Å². The smallest absolute Gasteiger partial charge is 0.307 e. The van der Waals surface area contributed by atoms with Gasteiger partial charge in [0.15, 0.2) is 5.96 Å². The molecule has 25 heavy (non-hydrogen) atoms. The molecule has 0 amide bonds. The molecule has 0 spiro atoms. The van der Waals surface area contributed by atoms with Crippen molar-refractivity contribution in [2.75, 3.05) is 39.9 Å². The Morgan fingerprint density at radius 2 is 2.20 bits per heavy atom. The summed E-state index contributed by atoms with van der Waals surface area (Å²) >= 11 is 0. The summed E-state index contributed by atoms with van der Waals surface area (Å²) in [6, 6.07) is 8.30. The van der Waals surface area contributed by atoms with Gasteiger partial charge in [0.1, 0.15) is 6.10 Å². The molecule has 1 aliphatic heterocycles. The first-order chi connectivity index (χ1) is 11.7. The van der Waals surface area contributed by atoms with Gasteiger partial charge in [-0.15, -0.1) is 24.0 Å². The fourth-order valence-electron chi connectivity index (χ4n) is 2.76. The van der Waals surface area contributed by atoms with Gasteiger partial charge in [-0.25, -0.2) is 0 Å². The Kier molecular flexibility index (Phi) is 9.81. The number of ether oxygens (including phenoxy) is 2. The molecule has 1 atom stereocenters. The first-order valence-corrected chi connectivity index (χ1v) is 8.43. The van der Waals surface area contributed by atoms with Crippen LogP contribution < -0.4 is 5.32 Å². The predicted octanol–water partition coefficient (Wildman–Crippen LogP) is 2.51. The monoisotopic (exact) mass is 461 g/mol.